The Labute approximate surface area is 162 Å². The molecule has 0 amide bonds. The van der Waals surface area contributed by atoms with Gasteiger partial charge in [-0.15, -0.1) is 11.3 Å². The molecule has 3 rings (SSSR count). The normalized spacial score (nSPS) is 12.4. The Bertz CT molecular complexity index is 1030. The maximum Gasteiger partial charge on any atom is 0.206 e. The van der Waals surface area contributed by atoms with Gasteiger partial charge in [0.15, 0.2) is 0 Å². The third-order valence-electron chi connectivity index (χ3n) is 4.17. The van der Waals surface area contributed by atoms with E-state index < -0.39 is 0 Å². The van der Waals surface area contributed by atoms with Crippen LogP contribution in [0.5, 0.6) is 11.5 Å². The second-order valence-corrected chi connectivity index (χ2v) is 6.96. The second kappa shape index (κ2) is 8.22. The molecule has 1 N–H and O–H groups in total. The van der Waals surface area contributed by atoms with E-state index in [1.807, 2.05) is 30.7 Å². The van der Waals surface area contributed by atoms with E-state index in [1.165, 1.54) is 5.56 Å². The number of phenols is 1. The smallest absolute Gasteiger partial charge is 0.206 e. The molecule has 6 heteroatoms. The summed E-state index contributed by atoms with van der Waals surface area (Å²) in [6.45, 7) is 6.62. The van der Waals surface area contributed by atoms with Crippen molar-refractivity contribution in [3.63, 3.8) is 0 Å². The van der Waals surface area contributed by atoms with E-state index in [4.69, 9.17) is 9.84 Å². The molecule has 0 saturated heterocycles. The van der Waals surface area contributed by atoms with Crippen molar-refractivity contribution < 1.29 is 9.84 Å². The van der Waals surface area contributed by atoms with Crippen molar-refractivity contribution in [1.82, 2.24) is 4.68 Å². The second-order valence-electron chi connectivity index (χ2n) is 6.12. The van der Waals surface area contributed by atoms with Gasteiger partial charge in [-0.3, -0.25) is 4.99 Å². The summed E-state index contributed by atoms with van der Waals surface area (Å²) in [5.41, 5.74) is 4.61. The number of methoxy groups -OCH3 is 1. The van der Waals surface area contributed by atoms with Crippen LogP contribution in [-0.4, -0.2) is 29.1 Å². The van der Waals surface area contributed by atoms with Crippen LogP contribution in [0.15, 0.2) is 57.9 Å². The topological polar surface area (TPSA) is 59.1 Å². The summed E-state index contributed by atoms with van der Waals surface area (Å²) >= 11 is 1.55. The third kappa shape index (κ3) is 4.11. The number of aromatic nitrogens is 1. The number of hydrogen-bond acceptors (Lipinski definition) is 5. The predicted molar refractivity (Wildman–Crippen MR) is 111 cm³/mol. The molecule has 0 bridgehead atoms. The van der Waals surface area contributed by atoms with Crippen molar-refractivity contribution >= 4 is 17.0 Å². The average Bonchev–Trinajstić information content (AvgIpc) is 3.05. The number of benzene rings is 2. The molecule has 2 aromatic carbocycles. The summed E-state index contributed by atoms with van der Waals surface area (Å²) < 4.78 is 7.00. The van der Waals surface area contributed by atoms with Crippen LogP contribution in [0.1, 0.15) is 25.0 Å². The highest BCUT2D eigenvalue weighted by Gasteiger charge is 2.11. The first-order valence-electron chi connectivity index (χ1n) is 8.74. The molecule has 0 radical (unpaired) electrons. The Kier molecular flexibility index (Phi) is 5.76. The van der Waals surface area contributed by atoms with Gasteiger partial charge < -0.3 is 9.84 Å². The number of thiazole rings is 1. The molecule has 0 aliphatic heterocycles. The molecule has 0 saturated carbocycles. The highest BCUT2D eigenvalue weighted by molar-refractivity contribution is 7.07. The Morgan fingerprint density at radius 3 is 2.56 bits per heavy atom. The number of nitrogens with zero attached hydrogens (tertiary/aromatic N) is 3. The zero-order valence-electron chi connectivity index (χ0n) is 15.9. The lowest BCUT2D eigenvalue weighted by Gasteiger charge is -2.09. The Balaban J connectivity index is 2.12. The lowest BCUT2D eigenvalue weighted by molar-refractivity contribution is 0.407. The number of aryl methyl sites for hydroxylation is 1. The van der Waals surface area contributed by atoms with Crippen LogP contribution in [0.25, 0.3) is 11.3 Å². The maximum absolute atomic E-state index is 10.3. The van der Waals surface area contributed by atoms with Gasteiger partial charge in [0.1, 0.15) is 11.5 Å². The first-order chi connectivity index (χ1) is 13.0. The van der Waals surface area contributed by atoms with E-state index >= 15 is 0 Å². The molecule has 3 aromatic rings. The van der Waals surface area contributed by atoms with Gasteiger partial charge in [-0.05, 0) is 32.9 Å². The minimum absolute atomic E-state index is 0.136. The van der Waals surface area contributed by atoms with Gasteiger partial charge in [0, 0.05) is 29.1 Å². The van der Waals surface area contributed by atoms with E-state index in [0.29, 0.717) is 23.6 Å². The lowest BCUT2D eigenvalue weighted by Crippen LogP contribution is -2.14. The summed E-state index contributed by atoms with van der Waals surface area (Å²) in [4.78, 5) is 5.38. The summed E-state index contributed by atoms with van der Waals surface area (Å²) in [5, 5.41) is 17.2. The van der Waals surface area contributed by atoms with Crippen LogP contribution in [0.4, 0.5) is 0 Å². The fourth-order valence-corrected chi connectivity index (χ4v) is 3.61. The van der Waals surface area contributed by atoms with Crippen LogP contribution in [0.3, 0.4) is 0 Å². The summed E-state index contributed by atoms with van der Waals surface area (Å²) in [7, 11) is 1.57. The van der Waals surface area contributed by atoms with Crippen LogP contribution in [0, 0.1) is 6.92 Å². The first-order valence-corrected chi connectivity index (χ1v) is 9.62. The third-order valence-corrected chi connectivity index (χ3v) is 5.02. The molecule has 1 heterocycles. The molecule has 27 heavy (non-hydrogen) atoms. The van der Waals surface area contributed by atoms with Crippen LogP contribution in [0.2, 0.25) is 0 Å². The Morgan fingerprint density at radius 2 is 1.93 bits per heavy atom. The van der Waals surface area contributed by atoms with Crippen molar-refractivity contribution in [3.05, 3.63) is 63.8 Å². The molecular formula is C21H23N3O2S. The average molecular weight is 382 g/mol. The molecule has 0 unspecified atom stereocenters. The van der Waals surface area contributed by atoms with Gasteiger partial charge in [0.2, 0.25) is 4.80 Å². The fourth-order valence-electron chi connectivity index (χ4n) is 2.71. The highest BCUT2D eigenvalue weighted by Crippen LogP contribution is 2.25. The molecule has 0 fully saturated rings. The van der Waals surface area contributed by atoms with Crippen molar-refractivity contribution in [1.29, 1.82) is 0 Å². The van der Waals surface area contributed by atoms with E-state index in [1.54, 1.807) is 24.5 Å². The van der Waals surface area contributed by atoms with Crippen molar-refractivity contribution in [3.8, 4) is 22.8 Å². The predicted octanol–water partition coefficient (Wildman–Crippen LogP) is 4.43. The molecule has 1 aromatic heterocycles. The fraction of sp³-hybridized carbons (Fsp3) is 0.238. The maximum atomic E-state index is 10.3. The zero-order chi connectivity index (χ0) is 19.4. The number of aromatic hydroxyl groups is 1. The molecule has 5 nitrogen and oxygen atoms in total. The lowest BCUT2D eigenvalue weighted by atomic mass is 10.1. The highest BCUT2D eigenvalue weighted by atomic mass is 32.1. The first kappa shape index (κ1) is 18.9. The Hall–Kier alpha value is -2.86. The van der Waals surface area contributed by atoms with Gasteiger partial charge in [0.25, 0.3) is 0 Å². The number of rotatable bonds is 5. The van der Waals surface area contributed by atoms with Gasteiger partial charge in [-0.25, -0.2) is 4.68 Å². The summed E-state index contributed by atoms with van der Waals surface area (Å²) in [5.74, 6) is 0.742. The van der Waals surface area contributed by atoms with Crippen LogP contribution >= 0.6 is 11.3 Å². The minimum atomic E-state index is 0.136. The largest absolute Gasteiger partial charge is 0.507 e. The van der Waals surface area contributed by atoms with Crippen molar-refractivity contribution in [2.24, 2.45) is 10.1 Å². The SMILES string of the molecule is CCN=c1scc(-c2ccc(C)cc2)n1N=C(C)c1ccc(OC)cc1O. The number of phenolic OH excluding ortho intramolecular Hbond substituents is 1. The van der Waals surface area contributed by atoms with Crippen LogP contribution in [-0.2, 0) is 0 Å². The molecule has 0 aliphatic rings. The zero-order valence-corrected chi connectivity index (χ0v) is 16.7. The van der Waals surface area contributed by atoms with Crippen molar-refractivity contribution in [2.75, 3.05) is 13.7 Å². The molecule has 0 aliphatic carbocycles. The van der Waals surface area contributed by atoms with E-state index in [-0.39, 0.29) is 5.75 Å². The van der Waals surface area contributed by atoms with Crippen molar-refractivity contribution in [2.45, 2.75) is 20.8 Å². The standard InChI is InChI=1S/C21H23N3O2S/c1-5-22-21-24(19(13-27-21)16-8-6-14(2)7-9-16)23-15(3)18-11-10-17(26-4)12-20(18)25/h6-13,25H,5H2,1-4H3. The van der Waals surface area contributed by atoms with E-state index in [9.17, 15) is 5.11 Å². The van der Waals surface area contributed by atoms with Gasteiger partial charge in [0.05, 0.1) is 18.5 Å². The van der Waals surface area contributed by atoms with E-state index in [2.05, 4.69) is 41.6 Å². The van der Waals surface area contributed by atoms with E-state index in [0.717, 1.165) is 16.1 Å². The molecular weight excluding hydrogens is 358 g/mol. The van der Waals surface area contributed by atoms with Gasteiger partial charge in [-0.2, -0.15) is 5.10 Å². The number of ether oxygens (including phenoxy) is 1. The van der Waals surface area contributed by atoms with Crippen LogP contribution < -0.4 is 9.54 Å². The van der Waals surface area contributed by atoms with Gasteiger partial charge in [-0.1, -0.05) is 29.8 Å². The minimum Gasteiger partial charge on any atom is -0.507 e. The molecule has 140 valence electrons. The molecule has 0 spiro atoms. The monoisotopic (exact) mass is 381 g/mol. The molecule has 0 atom stereocenters. The summed E-state index contributed by atoms with van der Waals surface area (Å²) in [6, 6.07) is 13.5. The quantitative estimate of drug-likeness (QED) is 0.665. The van der Waals surface area contributed by atoms with Gasteiger partial charge >= 0.3 is 0 Å². The summed E-state index contributed by atoms with van der Waals surface area (Å²) in [6.07, 6.45) is 0. The number of hydrogen-bond donors (Lipinski definition) is 1. The Morgan fingerprint density at radius 1 is 1.19 bits per heavy atom.